The van der Waals surface area contributed by atoms with Crippen molar-refractivity contribution in [3.63, 3.8) is 0 Å². The van der Waals surface area contributed by atoms with E-state index in [1.807, 2.05) is 21.0 Å². The van der Waals surface area contributed by atoms with Gasteiger partial charge in [-0.3, -0.25) is 4.90 Å². The van der Waals surface area contributed by atoms with Crippen LogP contribution in [0.3, 0.4) is 0 Å². The molecule has 4 atom stereocenters. The van der Waals surface area contributed by atoms with Crippen molar-refractivity contribution in [1.82, 2.24) is 44.1 Å². The lowest BCUT2D eigenvalue weighted by molar-refractivity contribution is -0.171. The zero-order valence-electron chi connectivity index (χ0n) is 54.0. The zero-order valence-corrected chi connectivity index (χ0v) is 54.0. The van der Waals surface area contributed by atoms with Crippen LogP contribution >= 0.6 is 0 Å². The smallest absolute Gasteiger partial charge is 0.272 e. The highest BCUT2D eigenvalue weighted by Gasteiger charge is 2.51. The maximum absolute atomic E-state index is 8.99. The van der Waals surface area contributed by atoms with E-state index in [0.717, 1.165) is 63.4 Å². The van der Waals surface area contributed by atoms with E-state index in [9.17, 15) is 0 Å². The van der Waals surface area contributed by atoms with Gasteiger partial charge in [-0.15, -0.1) is 0 Å². The largest absolute Gasteiger partial charge is 0.401 e. The molecule has 472 valence electrons. The number of nitrogens with zero attached hydrogens (tertiary/aromatic N) is 9. The highest BCUT2D eigenvalue weighted by Crippen LogP contribution is 2.57. The topological polar surface area (TPSA) is 108 Å². The summed E-state index contributed by atoms with van der Waals surface area (Å²) in [4.78, 5) is 20.8. The number of ether oxygens (including phenoxy) is 2. The van der Waals surface area contributed by atoms with Crippen LogP contribution in [0.1, 0.15) is 171 Å². The second-order valence-electron chi connectivity index (χ2n) is 25.9. The van der Waals surface area contributed by atoms with Gasteiger partial charge in [-0.2, -0.15) is 0 Å². The van der Waals surface area contributed by atoms with Crippen LogP contribution in [0, 0.1) is 36.2 Å². The molecule has 6 saturated heterocycles. The second kappa shape index (κ2) is 42.9. The summed E-state index contributed by atoms with van der Waals surface area (Å²) in [6.45, 7) is 25.6. The molecule has 5 aliphatic carbocycles. The second-order valence-corrected chi connectivity index (χ2v) is 25.9. The molecule has 14 nitrogen and oxygen atoms in total. The number of aliphatic hydroxyl groups excluding tert-OH is 3. The van der Waals surface area contributed by atoms with Crippen molar-refractivity contribution >= 4 is 0 Å². The highest BCUT2D eigenvalue weighted by molar-refractivity contribution is 5.07. The first-order valence-corrected chi connectivity index (χ1v) is 32.8. The molecule has 14 heteroatoms. The Hall–Kier alpha value is -1.84. The van der Waals surface area contributed by atoms with Crippen LogP contribution in [0.15, 0.2) is 23.9 Å². The number of likely N-dealkylation sites (N-methyl/N-ethyl adjacent to an activating group) is 3. The number of terminal acetylenes is 1. The Morgan fingerprint density at radius 3 is 1.59 bits per heavy atom. The molecule has 0 aromatic rings. The molecule has 0 aromatic heterocycles. The van der Waals surface area contributed by atoms with Gasteiger partial charge in [0.2, 0.25) is 0 Å². The van der Waals surface area contributed by atoms with Gasteiger partial charge >= 0.3 is 0 Å². The number of β-amino-alcohol motifs (C(OH)–C–C–N with tert-alkyl or cyclic N) is 1. The van der Waals surface area contributed by atoms with E-state index in [1.165, 1.54) is 181 Å². The fraction of sp³-hybridized carbons (Fsp3) is 0.909. The number of hydrogen-bond donors (Lipinski definition) is 3. The minimum absolute atomic E-state index is 0. The van der Waals surface area contributed by atoms with Crippen LogP contribution in [-0.4, -0.2) is 258 Å². The molecule has 4 unspecified atom stereocenters. The van der Waals surface area contributed by atoms with Gasteiger partial charge in [0.25, 0.3) is 6.41 Å². The Labute approximate surface area is 496 Å². The van der Waals surface area contributed by atoms with Crippen LogP contribution in [0.25, 0.3) is 0 Å². The first-order valence-electron chi connectivity index (χ1n) is 32.8. The molecular formula is C66H133N9O5. The molecule has 7 heterocycles. The highest BCUT2D eigenvalue weighted by atomic mass is 16.7. The summed E-state index contributed by atoms with van der Waals surface area (Å²) < 4.78 is 9.88. The average molecular weight is 1130 g/mol. The van der Waals surface area contributed by atoms with Crippen LogP contribution in [0.5, 0.6) is 0 Å². The Morgan fingerprint density at radius 2 is 1.24 bits per heavy atom. The van der Waals surface area contributed by atoms with Gasteiger partial charge in [-0.05, 0) is 281 Å². The molecule has 0 aromatic carbocycles. The number of piperidine rings is 2. The number of likely N-dealkylation sites (tertiary alicyclic amines) is 6. The lowest BCUT2D eigenvalue weighted by atomic mass is 9.52. The van der Waals surface area contributed by atoms with Gasteiger partial charge < -0.3 is 64.0 Å². The van der Waals surface area contributed by atoms with Crippen LogP contribution in [-0.2, 0) is 9.47 Å². The fourth-order valence-corrected chi connectivity index (χ4v) is 13.9. The maximum atomic E-state index is 8.99. The number of rotatable bonds is 10. The van der Waals surface area contributed by atoms with Crippen LogP contribution in [0.2, 0.25) is 0 Å². The van der Waals surface area contributed by atoms with Gasteiger partial charge in [0, 0.05) is 79.2 Å². The molecule has 4 bridgehead atoms. The van der Waals surface area contributed by atoms with E-state index in [1.54, 1.807) is 29.9 Å². The number of aliphatic hydroxyl groups is 3. The summed E-state index contributed by atoms with van der Waals surface area (Å²) >= 11 is 0. The normalized spacial score (nSPS) is 29.8. The van der Waals surface area contributed by atoms with Gasteiger partial charge in [-0.1, -0.05) is 44.9 Å². The Kier molecular flexibility index (Phi) is 38.8. The third-order valence-corrected chi connectivity index (χ3v) is 18.7. The molecule has 3 N–H and O–H groups in total. The monoisotopic (exact) mass is 1130 g/mol. The van der Waals surface area contributed by atoms with E-state index in [0.29, 0.717) is 37.3 Å². The van der Waals surface area contributed by atoms with E-state index in [-0.39, 0.29) is 8.96 Å². The molecule has 12 rings (SSSR count). The molecule has 80 heavy (non-hydrogen) atoms. The molecule has 0 radical (unpaired) electrons. The lowest BCUT2D eigenvalue weighted by Gasteiger charge is -2.59. The van der Waals surface area contributed by atoms with Gasteiger partial charge in [0.1, 0.15) is 6.11 Å². The number of hydrogen-bond acceptors (Lipinski definition) is 14. The van der Waals surface area contributed by atoms with Crippen LogP contribution < -0.4 is 0 Å². The summed E-state index contributed by atoms with van der Waals surface area (Å²) in [5, 5.41) is 26.5. The molecule has 0 spiro atoms. The maximum Gasteiger partial charge on any atom is 0.272 e. The van der Waals surface area contributed by atoms with Gasteiger partial charge in [0.05, 0.1) is 12.7 Å². The first kappa shape index (κ1) is 72.4. The average Bonchev–Trinajstić information content (AvgIpc) is 4.36. The standard InChI is InChI=1S/C12H21N.C10H17N.C7H13NO2.C7H15NO.C7H15N.2C6H13NO.C6H11N.C5H11N.2H2/c1-13(2)12-6-9-3-10(7-12)5-11(4-9)8-12;1-2-6-10(7-3-1)11-8-4-5-9-11;1-5-9-7(8(3)4)10-6-2;1-8-4-2-3-7(5-8)6-9;1-2-8-6-4-3-5-7-8;1-7-4-2-3-6(7)5-8;1-2-7-4-3-6(8)5-7;1-7-5-3-2-4-6-7;1-6-4-2-3-5-6;;/h9-11H,3-8H2,1-2H3;6H,1-5,7-9H2;1,7H,6H2,2-4H3;7,9H,2-6H2,1H3;2-7H2,1H3;2*6,8H,2-5H2,1H3;2-3H,4-6H2,1H3;2-5H2,1H3;2*1H. The van der Waals surface area contributed by atoms with Crippen molar-refractivity contribution in [1.29, 1.82) is 0 Å². The van der Waals surface area contributed by atoms with Crippen molar-refractivity contribution < 1.29 is 27.6 Å². The van der Waals surface area contributed by atoms with Gasteiger partial charge in [0.15, 0.2) is 0 Å². The van der Waals surface area contributed by atoms with E-state index < -0.39 is 6.41 Å². The minimum Gasteiger partial charge on any atom is -0.401 e. The van der Waals surface area contributed by atoms with E-state index in [2.05, 4.69) is 120 Å². The molecule has 7 aliphatic heterocycles. The van der Waals surface area contributed by atoms with E-state index >= 15 is 0 Å². The zero-order chi connectivity index (χ0) is 58.5. The van der Waals surface area contributed by atoms with Crippen molar-refractivity contribution in [2.24, 2.45) is 23.7 Å². The molecule has 0 amide bonds. The predicted octanol–water partition coefficient (Wildman–Crippen LogP) is 9.57. The summed E-state index contributed by atoms with van der Waals surface area (Å²) in [6.07, 6.45) is 45.2. The quantitative estimate of drug-likeness (QED) is 0.110. The first-order chi connectivity index (χ1) is 38.6. The van der Waals surface area contributed by atoms with Crippen LogP contribution in [0.4, 0.5) is 0 Å². The third kappa shape index (κ3) is 29.8. The Balaban J connectivity index is 0.000000464. The summed E-state index contributed by atoms with van der Waals surface area (Å²) in [6, 6.07) is 0.454. The van der Waals surface area contributed by atoms with Crippen molar-refractivity contribution in [3.05, 3.63) is 23.9 Å². The molecule has 12 aliphatic rings. The third-order valence-electron chi connectivity index (χ3n) is 18.7. The van der Waals surface area contributed by atoms with Crippen molar-refractivity contribution in [3.8, 4) is 12.5 Å². The summed E-state index contributed by atoms with van der Waals surface area (Å²) in [5.74, 6) is 3.82. The lowest BCUT2D eigenvalue weighted by Crippen LogP contribution is -2.57. The minimum atomic E-state index is -0.421. The van der Waals surface area contributed by atoms with E-state index in [4.69, 9.17) is 31.2 Å². The molecule has 4 saturated carbocycles. The van der Waals surface area contributed by atoms with Gasteiger partial charge in [-0.25, -0.2) is 0 Å². The summed E-state index contributed by atoms with van der Waals surface area (Å²) in [5.41, 5.74) is 2.28. The SMILES string of the molecule is C#COC(OCC)N(C)C.C1=C(N2CCCC2)CCCC1.CCN1CCC(O)C1.CCN1CCCCC1.CN(C)C12CC3CC(CC(C3)C1)C2.CN1CC=CCC1.CN1CCCC(CO)C1.CN1CCCC1.CN1CCCC1CO.[HH].[HH]. The summed E-state index contributed by atoms with van der Waals surface area (Å²) in [7, 11) is 16.8. The Bertz CT molecular complexity index is 1590. The fourth-order valence-electron chi connectivity index (χ4n) is 13.9. The predicted molar refractivity (Wildman–Crippen MR) is 342 cm³/mol. The molecular weight excluding hydrogens is 999 g/mol. The molecule has 10 fully saturated rings. The van der Waals surface area contributed by atoms with Crippen molar-refractivity contribution in [2.75, 3.05) is 174 Å². The number of allylic oxidation sites excluding steroid dienone is 2. The van der Waals surface area contributed by atoms with Crippen molar-refractivity contribution in [2.45, 2.75) is 193 Å². The Morgan fingerprint density at radius 1 is 0.637 bits per heavy atom.